The number of carbonyl (C=O) groups is 1. The number of hydrogen-bond acceptors (Lipinski definition) is 6. The van der Waals surface area contributed by atoms with Gasteiger partial charge in [0.1, 0.15) is 0 Å². The first-order valence-electron chi connectivity index (χ1n) is 6.53. The van der Waals surface area contributed by atoms with E-state index in [0.717, 1.165) is 4.35 Å². The molecule has 0 radical (unpaired) electrons. The second-order valence-electron chi connectivity index (χ2n) is 4.43. The third kappa shape index (κ3) is 4.75. The van der Waals surface area contributed by atoms with E-state index < -0.39 is 25.8 Å². The van der Waals surface area contributed by atoms with Crippen molar-refractivity contribution in [1.82, 2.24) is 14.7 Å². The molecular weight excluding hydrogens is 440 g/mol. The van der Waals surface area contributed by atoms with E-state index in [0.29, 0.717) is 10.9 Å². The molecule has 2 aromatic rings. The Bertz CT molecular complexity index is 824. The fourth-order valence-corrected chi connectivity index (χ4v) is 5.42. The van der Waals surface area contributed by atoms with Gasteiger partial charge in [-0.3, -0.25) is 0 Å². The fourth-order valence-electron chi connectivity index (χ4n) is 1.68. The minimum atomic E-state index is -3.64. The molecule has 0 spiro atoms. The molecule has 24 heavy (non-hydrogen) atoms. The van der Waals surface area contributed by atoms with Crippen LogP contribution in [0.5, 0.6) is 0 Å². The molecular formula is C13H12AsCl2N3O4S. The van der Waals surface area contributed by atoms with Crippen molar-refractivity contribution in [2.24, 2.45) is 0 Å². The fraction of sp³-hybridized carbons (Fsp3) is 0.154. The second-order valence-corrected chi connectivity index (χ2v) is 9.59. The van der Waals surface area contributed by atoms with Crippen molar-refractivity contribution in [1.29, 1.82) is 0 Å². The molecule has 0 aliphatic heterocycles. The van der Waals surface area contributed by atoms with E-state index in [1.807, 2.05) is 0 Å². The van der Waals surface area contributed by atoms with Crippen LogP contribution in [0.25, 0.3) is 0 Å². The molecule has 0 bridgehead atoms. The molecule has 1 atom stereocenters. The van der Waals surface area contributed by atoms with Crippen LogP contribution in [-0.4, -0.2) is 58.7 Å². The Hall–Kier alpha value is -1.02. The van der Waals surface area contributed by atoms with Gasteiger partial charge in [-0.25, -0.2) is 0 Å². The number of hydrogen-bond donors (Lipinski definition) is 2. The molecule has 1 aromatic heterocycles. The summed E-state index contributed by atoms with van der Waals surface area (Å²) < 4.78 is 27.4. The number of nitrogens with one attached hydrogen (secondary N) is 1. The van der Waals surface area contributed by atoms with Crippen molar-refractivity contribution in [2.75, 3.05) is 13.2 Å². The van der Waals surface area contributed by atoms with Gasteiger partial charge >= 0.3 is 155 Å². The third-order valence-electron chi connectivity index (χ3n) is 2.80. The molecule has 11 heteroatoms. The van der Waals surface area contributed by atoms with E-state index in [9.17, 15) is 13.2 Å². The van der Waals surface area contributed by atoms with Gasteiger partial charge in [0, 0.05) is 0 Å². The molecule has 7 nitrogen and oxygen atoms in total. The number of carbonyl (C=O) groups excluding carboxylic acids is 1. The zero-order valence-electron chi connectivity index (χ0n) is 12.0. The zero-order valence-corrected chi connectivity index (χ0v) is 16.5. The standard InChI is InChI=1S/C13H12AsCl2N3O4S/c15-11-10(7-21)12(16)19-13(18-11)14-8-1-3-9(4-2-8)24(22,23)17-5-6-20/h1-4,7,14,17,20H,5-6H2. The summed E-state index contributed by atoms with van der Waals surface area (Å²) in [5, 5.41) is 8.68. The summed E-state index contributed by atoms with van der Waals surface area (Å²) in [4.78, 5) is 19.0. The Morgan fingerprint density at radius 3 is 2.25 bits per heavy atom. The third-order valence-corrected chi connectivity index (χ3v) is 7.09. The number of benzene rings is 1. The van der Waals surface area contributed by atoms with Crippen LogP contribution in [-0.2, 0) is 10.0 Å². The Kier molecular flexibility index (Phi) is 6.74. The Morgan fingerprint density at radius 2 is 1.75 bits per heavy atom. The van der Waals surface area contributed by atoms with Crippen molar-refractivity contribution in [3.05, 3.63) is 40.1 Å². The monoisotopic (exact) mass is 451 g/mol. The second kappa shape index (κ2) is 8.38. The predicted octanol–water partition coefficient (Wildman–Crippen LogP) is -0.746. The summed E-state index contributed by atoms with van der Waals surface area (Å²) in [7, 11) is -3.64. The van der Waals surface area contributed by atoms with Crippen molar-refractivity contribution >= 4 is 64.2 Å². The molecule has 128 valence electrons. The van der Waals surface area contributed by atoms with E-state index in [4.69, 9.17) is 28.3 Å². The van der Waals surface area contributed by atoms with Crippen molar-refractivity contribution < 1.29 is 18.3 Å². The van der Waals surface area contributed by atoms with Gasteiger partial charge in [-0.1, -0.05) is 0 Å². The molecule has 0 amide bonds. The van der Waals surface area contributed by atoms with Gasteiger partial charge in [-0.05, 0) is 0 Å². The van der Waals surface area contributed by atoms with E-state index >= 15 is 0 Å². The van der Waals surface area contributed by atoms with E-state index in [-0.39, 0.29) is 33.9 Å². The van der Waals surface area contributed by atoms with Gasteiger partial charge in [0.25, 0.3) is 0 Å². The first kappa shape index (κ1) is 19.3. The van der Waals surface area contributed by atoms with Crippen LogP contribution in [0.3, 0.4) is 0 Å². The molecule has 1 unspecified atom stereocenters. The first-order chi connectivity index (χ1) is 11.4. The molecule has 0 fully saturated rings. The van der Waals surface area contributed by atoms with Crippen LogP contribution in [0, 0.1) is 0 Å². The number of halogens is 2. The maximum atomic E-state index is 11.9. The number of aliphatic hydroxyl groups excluding tert-OH is 1. The van der Waals surface area contributed by atoms with Crippen LogP contribution in [0.1, 0.15) is 10.4 Å². The quantitative estimate of drug-likeness (QED) is 0.326. The molecule has 0 aliphatic rings. The molecule has 1 aromatic carbocycles. The van der Waals surface area contributed by atoms with Gasteiger partial charge < -0.3 is 0 Å². The summed E-state index contributed by atoms with van der Waals surface area (Å²) in [5.74, 6) is 0. The minimum absolute atomic E-state index is 0.00356. The number of rotatable bonds is 7. The Balaban J connectivity index is 2.19. The summed E-state index contributed by atoms with van der Waals surface area (Å²) in [6.07, 6.45) is 0.494. The first-order valence-corrected chi connectivity index (χ1v) is 10.9. The average molecular weight is 452 g/mol. The van der Waals surface area contributed by atoms with Gasteiger partial charge in [0.2, 0.25) is 0 Å². The van der Waals surface area contributed by atoms with Gasteiger partial charge in [-0.15, -0.1) is 0 Å². The van der Waals surface area contributed by atoms with Crippen LogP contribution >= 0.6 is 23.2 Å². The van der Waals surface area contributed by atoms with Crippen molar-refractivity contribution in [2.45, 2.75) is 4.90 Å². The average Bonchev–Trinajstić information content (AvgIpc) is 2.53. The molecule has 0 saturated carbocycles. The van der Waals surface area contributed by atoms with Crippen LogP contribution in [0.15, 0.2) is 29.2 Å². The van der Waals surface area contributed by atoms with Gasteiger partial charge in [-0.2, -0.15) is 0 Å². The molecule has 2 rings (SSSR count). The normalized spacial score (nSPS) is 12.0. The maximum absolute atomic E-state index is 11.9. The summed E-state index contributed by atoms with van der Waals surface area (Å²) >= 11 is 10.8. The summed E-state index contributed by atoms with van der Waals surface area (Å²) in [6, 6.07) is 6.24. The summed E-state index contributed by atoms with van der Waals surface area (Å²) in [5.41, 5.74) is 0.0464. The van der Waals surface area contributed by atoms with Crippen molar-refractivity contribution in [3.63, 3.8) is 0 Å². The van der Waals surface area contributed by atoms with E-state index in [2.05, 4.69) is 14.7 Å². The van der Waals surface area contributed by atoms with Gasteiger partial charge in [0.05, 0.1) is 0 Å². The molecule has 1 heterocycles. The number of sulfonamides is 1. The van der Waals surface area contributed by atoms with E-state index in [1.165, 1.54) is 12.1 Å². The number of nitrogens with zero attached hydrogens (tertiary/aromatic N) is 2. The van der Waals surface area contributed by atoms with Crippen LogP contribution in [0.2, 0.25) is 10.3 Å². The number of aromatic nitrogens is 2. The number of aliphatic hydroxyl groups is 1. The van der Waals surface area contributed by atoms with Gasteiger partial charge in [0.15, 0.2) is 0 Å². The number of aldehydes is 1. The van der Waals surface area contributed by atoms with Crippen LogP contribution in [0.4, 0.5) is 0 Å². The van der Waals surface area contributed by atoms with E-state index in [1.54, 1.807) is 12.1 Å². The molecule has 2 N–H and O–H groups in total. The molecule has 0 saturated heterocycles. The zero-order chi connectivity index (χ0) is 17.7. The van der Waals surface area contributed by atoms with Crippen molar-refractivity contribution in [3.8, 4) is 0 Å². The Labute approximate surface area is 155 Å². The predicted molar refractivity (Wildman–Crippen MR) is 92.6 cm³/mol. The summed E-state index contributed by atoms with van der Waals surface area (Å²) in [6.45, 7) is -0.328. The topological polar surface area (TPSA) is 109 Å². The van der Waals surface area contributed by atoms with Crippen LogP contribution < -0.4 is 13.7 Å². The SMILES string of the molecule is O=Cc1c(Cl)nc([AsH]c2ccc(S(=O)(=O)NCCO)cc2)nc1Cl. The molecule has 0 aliphatic carbocycles. The Morgan fingerprint density at radius 1 is 1.17 bits per heavy atom.